The van der Waals surface area contributed by atoms with Crippen LogP contribution >= 0.6 is 0 Å². The Hall–Kier alpha value is -1.84. The Bertz CT molecular complexity index is 800. The van der Waals surface area contributed by atoms with Crippen LogP contribution in [0.3, 0.4) is 0 Å². The number of nitrogens with zero attached hydrogens (tertiary/aromatic N) is 2. The van der Waals surface area contributed by atoms with Gasteiger partial charge in [-0.3, -0.25) is 4.90 Å². The van der Waals surface area contributed by atoms with Gasteiger partial charge >= 0.3 is 0 Å². The van der Waals surface area contributed by atoms with E-state index in [9.17, 15) is 0 Å². The molecule has 3 heteroatoms. The topological polar surface area (TPSA) is 15.7 Å². The van der Waals surface area contributed by atoms with Gasteiger partial charge in [-0.1, -0.05) is 42.8 Å². The van der Waals surface area contributed by atoms with Gasteiger partial charge in [0, 0.05) is 25.0 Å². The average molecular weight is 391 g/mol. The van der Waals surface area contributed by atoms with E-state index in [2.05, 4.69) is 58.3 Å². The summed E-state index contributed by atoms with van der Waals surface area (Å²) in [6.45, 7) is 6.92. The lowest BCUT2D eigenvalue weighted by atomic mass is 9.81. The summed E-state index contributed by atoms with van der Waals surface area (Å²) >= 11 is 0. The molecule has 154 valence electrons. The van der Waals surface area contributed by atoms with Crippen LogP contribution in [0, 0.1) is 0 Å². The Morgan fingerprint density at radius 2 is 1.72 bits per heavy atom. The van der Waals surface area contributed by atoms with Crippen molar-refractivity contribution >= 4 is 0 Å². The van der Waals surface area contributed by atoms with Crippen molar-refractivity contribution in [2.24, 2.45) is 0 Å². The molecular weight excluding hydrogens is 356 g/mol. The second kappa shape index (κ2) is 8.89. The van der Waals surface area contributed by atoms with Crippen molar-refractivity contribution < 1.29 is 4.74 Å². The minimum absolute atomic E-state index is 0.456. The molecule has 0 radical (unpaired) electrons. The number of piperidine rings is 1. The van der Waals surface area contributed by atoms with Gasteiger partial charge in [0.25, 0.3) is 0 Å². The molecule has 0 unspecified atom stereocenters. The number of likely N-dealkylation sites (tertiary alicyclic amines) is 1. The van der Waals surface area contributed by atoms with Crippen LogP contribution < -0.4 is 4.74 Å². The van der Waals surface area contributed by atoms with Crippen molar-refractivity contribution in [2.45, 2.75) is 50.5 Å². The zero-order chi connectivity index (χ0) is 19.5. The van der Waals surface area contributed by atoms with Gasteiger partial charge < -0.3 is 9.64 Å². The van der Waals surface area contributed by atoms with Gasteiger partial charge in [-0.05, 0) is 80.6 Å². The van der Waals surface area contributed by atoms with Crippen LogP contribution in [-0.2, 0) is 0 Å². The highest BCUT2D eigenvalue weighted by atomic mass is 16.5. The van der Waals surface area contributed by atoms with Crippen molar-refractivity contribution in [1.82, 2.24) is 9.80 Å². The van der Waals surface area contributed by atoms with Gasteiger partial charge in [0.2, 0.25) is 0 Å². The van der Waals surface area contributed by atoms with Crippen LogP contribution in [0.5, 0.6) is 5.75 Å². The lowest BCUT2D eigenvalue weighted by molar-refractivity contribution is 0.204. The van der Waals surface area contributed by atoms with E-state index in [1.54, 1.807) is 0 Å². The first-order chi connectivity index (χ1) is 14.4. The second-order valence-electron chi connectivity index (χ2n) is 9.01. The fourth-order valence-corrected chi connectivity index (χ4v) is 5.61. The molecule has 0 saturated carbocycles. The molecule has 3 aliphatic rings. The number of rotatable bonds is 6. The highest BCUT2D eigenvalue weighted by Gasteiger charge is 2.36. The maximum absolute atomic E-state index is 6.22. The van der Waals surface area contributed by atoms with E-state index < -0.39 is 0 Å². The molecular formula is C26H34N2O. The van der Waals surface area contributed by atoms with Gasteiger partial charge in [0.1, 0.15) is 5.75 Å². The SMILES string of the molecule is c1ccc([C@@H]2CN3CCC[C@H]3c3ccc(OCCCN4CCCCC4)cc32)cc1. The Morgan fingerprint density at radius 3 is 2.59 bits per heavy atom. The molecule has 0 amide bonds. The van der Waals surface area contributed by atoms with Crippen molar-refractivity contribution in [1.29, 1.82) is 0 Å². The van der Waals surface area contributed by atoms with Crippen molar-refractivity contribution in [3.8, 4) is 5.75 Å². The number of hydrogen-bond acceptors (Lipinski definition) is 3. The van der Waals surface area contributed by atoms with Gasteiger partial charge in [-0.2, -0.15) is 0 Å². The predicted octanol–water partition coefficient (Wildman–Crippen LogP) is 5.22. The van der Waals surface area contributed by atoms with Gasteiger partial charge in [0.15, 0.2) is 0 Å². The molecule has 2 aromatic carbocycles. The first-order valence-corrected chi connectivity index (χ1v) is 11.7. The Labute approximate surface area is 175 Å². The lowest BCUT2D eigenvalue weighted by Crippen LogP contribution is -2.34. The maximum atomic E-state index is 6.22. The monoisotopic (exact) mass is 390 g/mol. The second-order valence-corrected chi connectivity index (χ2v) is 9.01. The molecule has 0 spiro atoms. The smallest absolute Gasteiger partial charge is 0.119 e. The van der Waals surface area contributed by atoms with E-state index >= 15 is 0 Å². The summed E-state index contributed by atoms with van der Waals surface area (Å²) in [5.74, 6) is 1.51. The van der Waals surface area contributed by atoms with Crippen LogP contribution in [0.1, 0.15) is 67.2 Å². The van der Waals surface area contributed by atoms with Crippen molar-refractivity contribution in [2.75, 3.05) is 39.3 Å². The van der Waals surface area contributed by atoms with E-state index in [1.165, 1.54) is 75.0 Å². The standard InChI is InChI=1S/C26H34N2O/c1-3-9-21(10-4-1)25-20-28-17-7-11-26(28)23-13-12-22(19-24(23)25)29-18-8-16-27-14-5-2-6-15-27/h1,3-4,9-10,12-13,19,25-26H,2,5-8,11,14-18,20H2/t25-,26-/m0/s1. The summed E-state index contributed by atoms with van der Waals surface area (Å²) in [4.78, 5) is 5.29. The Balaban J connectivity index is 1.30. The first kappa shape index (κ1) is 19.1. The van der Waals surface area contributed by atoms with Gasteiger partial charge in [-0.15, -0.1) is 0 Å². The van der Waals surface area contributed by atoms with Crippen LogP contribution in [0.25, 0.3) is 0 Å². The molecule has 2 saturated heterocycles. The molecule has 2 atom stereocenters. The lowest BCUT2D eigenvalue weighted by Gasteiger charge is -2.37. The first-order valence-electron chi connectivity index (χ1n) is 11.7. The minimum Gasteiger partial charge on any atom is -0.494 e. The molecule has 29 heavy (non-hydrogen) atoms. The van der Waals surface area contributed by atoms with Crippen LogP contribution in [-0.4, -0.2) is 49.1 Å². The summed E-state index contributed by atoms with van der Waals surface area (Å²) < 4.78 is 6.22. The normalized spacial score (nSPS) is 24.8. The molecule has 0 aliphatic carbocycles. The molecule has 3 aliphatic heterocycles. The molecule has 3 nitrogen and oxygen atoms in total. The summed E-state index contributed by atoms with van der Waals surface area (Å²) in [5, 5.41) is 0. The molecule has 2 fully saturated rings. The number of benzene rings is 2. The van der Waals surface area contributed by atoms with Crippen LogP contribution in [0.2, 0.25) is 0 Å². The molecule has 3 heterocycles. The number of hydrogen-bond donors (Lipinski definition) is 0. The average Bonchev–Trinajstić information content (AvgIpc) is 3.26. The summed E-state index contributed by atoms with van der Waals surface area (Å²) in [6, 6.07) is 18.6. The third kappa shape index (κ3) is 4.22. The maximum Gasteiger partial charge on any atom is 0.119 e. The zero-order valence-corrected chi connectivity index (χ0v) is 17.6. The van der Waals surface area contributed by atoms with Crippen LogP contribution in [0.15, 0.2) is 48.5 Å². The van der Waals surface area contributed by atoms with E-state index in [1.807, 2.05) is 0 Å². The summed E-state index contributed by atoms with van der Waals surface area (Å²) in [6.07, 6.45) is 7.87. The van der Waals surface area contributed by atoms with Crippen molar-refractivity contribution in [3.63, 3.8) is 0 Å². The predicted molar refractivity (Wildman–Crippen MR) is 119 cm³/mol. The van der Waals surface area contributed by atoms with E-state index in [-0.39, 0.29) is 0 Å². The highest BCUT2D eigenvalue weighted by Crippen LogP contribution is 2.45. The number of fused-ring (bicyclic) bond motifs is 3. The van der Waals surface area contributed by atoms with E-state index in [0.717, 1.165) is 25.3 Å². The third-order valence-corrected chi connectivity index (χ3v) is 7.11. The minimum atomic E-state index is 0.456. The molecule has 0 bridgehead atoms. The van der Waals surface area contributed by atoms with Crippen molar-refractivity contribution in [3.05, 3.63) is 65.2 Å². The van der Waals surface area contributed by atoms with Gasteiger partial charge in [-0.25, -0.2) is 0 Å². The highest BCUT2D eigenvalue weighted by molar-refractivity contribution is 5.46. The molecule has 0 aromatic heterocycles. The fourth-order valence-electron chi connectivity index (χ4n) is 5.61. The Morgan fingerprint density at radius 1 is 0.862 bits per heavy atom. The summed E-state index contributed by atoms with van der Waals surface area (Å²) in [7, 11) is 0. The largest absolute Gasteiger partial charge is 0.494 e. The van der Waals surface area contributed by atoms with Gasteiger partial charge in [0.05, 0.1) is 6.61 Å². The zero-order valence-electron chi connectivity index (χ0n) is 17.6. The molecule has 2 aromatic rings. The van der Waals surface area contributed by atoms with E-state index in [4.69, 9.17) is 4.74 Å². The fraction of sp³-hybridized carbons (Fsp3) is 0.538. The summed E-state index contributed by atoms with van der Waals surface area (Å²) in [5.41, 5.74) is 4.46. The third-order valence-electron chi connectivity index (χ3n) is 7.11. The van der Waals surface area contributed by atoms with E-state index in [0.29, 0.717) is 12.0 Å². The van der Waals surface area contributed by atoms with Crippen LogP contribution in [0.4, 0.5) is 0 Å². The molecule has 0 N–H and O–H groups in total. The molecule has 5 rings (SSSR count). The Kier molecular flexibility index (Phi) is 5.87. The quantitative estimate of drug-likeness (QED) is 0.629. The number of ether oxygens (including phenoxy) is 1.